The van der Waals surface area contributed by atoms with Gasteiger partial charge in [-0.25, -0.2) is 4.98 Å². The average molecular weight is 310 g/mol. The molecule has 2 fully saturated rings. The van der Waals surface area contributed by atoms with Crippen LogP contribution < -0.4 is 5.32 Å². The number of hydrogen-bond acceptors (Lipinski definition) is 3. The average Bonchev–Trinajstić information content (AvgIpc) is 3.22. The van der Waals surface area contributed by atoms with Crippen LogP contribution in [0, 0.1) is 5.92 Å². The van der Waals surface area contributed by atoms with Crippen molar-refractivity contribution in [2.75, 3.05) is 26.2 Å². The van der Waals surface area contributed by atoms with Crippen molar-refractivity contribution in [2.24, 2.45) is 5.92 Å². The Kier molecular flexibility index (Phi) is 3.97. The second-order valence-electron chi connectivity index (χ2n) is 5.40. The fourth-order valence-electron chi connectivity index (χ4n) is 2.74. The lowest BCUT2D eigenvalue weighted by Gasteiger charge is -2.35. The normalized spacial score (nSPS) is 22.9. The Bertz CT molecular complexity index is 383. The number of halogens is 1. The Balaban J connectivity index is 1.76. The Hall–Kier alpha value is -0.450. The smallest absolute Gasteiger partial charge is 0.106 e. The Morgan fingerprint density at radius 2 is 2.11 bits per heavy atom. The third-order valence-electron chi connectivity index (χ3n) is 3.98. The summed E-state index contributed by atoms with van der Waals surface area (Å²) >= 11 is 3.42. The van der Waals surface area contributed by atoms with Gasteiger partial charge in [0.1, 0.15) is 4.60 Å². The maximum atomic E-state index is 4.40. The van der Waals surface area contributed by atoms with E-state index in [0.29, 0.717) is 6.04 Å². The molecule has 1 aliphatic carbocycles. The predicted octanol–water partition coefficient (Wildman–Crippen LogP) is 2.59. The van der Waals surface area contributed by atoms with Gasteiger partial charge in [0.2, 0.25) is 0 Å². The van der Waals surface area contributed by atoms with E-state index in [2.05, 4.69) is 43.3 Å². The molecule has 18 heavy (non-hydrogen) atoms. The van der Waals surface area contributed by atoms with Gasteiger partial charge in [0.15, 0.2) is 0 Å². The van der Waals surface area contributed by atoms with Gasteiger partial charge in [-0.2, -0.15) is 0 Å². The first kappa shape index (κ1) is 12.6. The van der Waals surface area contributed by atoms with Gasteiger partial charge in [-0.1, -0.05) is 18.9 Å². The van der Waals surface area contributed by atoms with Crippen molar-refractivity contribution in [3.63, 3.8) is 0 Å². The summed E-state index contributed by atoms with van der Waals surface area (Å²) in [5.74, 6) is 0.952. The second kappa shape index (κ2) is 5.68. The lowest BCUT2D eigenvalue weighted by Crippen LogP contribution is -2.45. The molecule has 0 amide bonds. The molecule has 0 aromatic carbocycles. The largest absolute Gasteiger partial charge is 0.314 e. The zero-order valence-electron chi connectivity index (χ0n) is 10.6. The third-order valence-corrected chi connectivity index (χ3v) is 4.45. The topological polar surface area (TPSA) is 28.2 Å². The highest BCUT2D eigenvalue weighted by Gasteiger charge is 2.30. The number of piperazine rings is 1. The van der Waals surface area contributed by atoms with Crippen molar-refractivity contribution in [2.45, 2.75) is 25.3 Å². The van der Waals surface area contributed by atoms with Gasteiger partial charge < -0.3 is 5.32 Å². The van der Waals surface area contributed by atoms with Gasteiger partial charge in [0.05, 0.1) is 0 Å². The lowest BCUT2D eigenvalue weighted by atomic mass is 10.0. The Morgan fingerprint density at radius 3 is 2.72 bits per heavy atom. The van der Waals surface area contributed by atoms with Crippen LogP contribution in [0.25, 0.3) is 0 Å². The summed E-state index contributed by atoms with van der Waals surface area (Å²) in [7, 11) is 0. The van der Waals surface area contributed by atoms with E-state index >= 15 is 0 Å². The van der Waals surface area contributed by atoms with Crippen LogP contribution in [-0.2, 0) is 0 Å². The van der Waals surface area contributed by atoms with Crippen molar-refractivity contribution in [3.8, 4) is 0 Å². The molecule has 1 saturated carbocycles. The standard InChI is InChI=1S/C14H20BrN3/c15-14-4-3-12(10-17-14)13(9-11-1-2-11)18-7-5-16-6-8-18/h3-4,10-11,13,16H,1-2,5-9H2/t13-/m0/s1. The summed E-state index contributed by atoms with van der Waals surface area (Å²) in [5, 5.41) is 3.43. The molecule has 1 N–H and O–H groups in total. The van der Waals surface area contributed by atoms with E-state index in [1.54, 1.807) is 0 Å². The maximum Gasteiger partial charge on any atom is 0.106 e. The number of pyridine rings is 1. The molecule has 2 aliphatic rings. The van der Waals surface area contributed by atoms with Crippen LogP contribution in [-0.4, -0.2) is 36.1 Å². The van der Waals surface area contributed by atoms with Crippen LogP contribution in [0.5, 0.6) is 0 Å². The van der Waals surface area contributed by atoms with Crippen LogP contribution in [0.2, 0.25) is 0 Å². The van der Waals surface area contributed by atoms with Crippen LogP contribution in [0.15, 0.2) is 22.9 Å². The predicted molar refractivity (Wildman–Crippen MR) is 76.5 cm³/mol. The van der Waals surface area contributed by atoms with Crippen LogP contribution in [0.1, 0.15) is 30.9 Å². The molecule has 98 valence electrons. The minimum Gasteiger partial charge on any atom is -0.314 e. The van der Waals surface area contributed by atoms with E-state index in [9.17, 15) is 0 Å². The van der Waals surface area contributed by atoms with E-state index in [1.165, 1.54) is 24.8 Å². The quantitative estimate of drug-likeness (QED) is 0.867. The minimum atomic E-state index is 0.570. The molecule has 1 aromatic rings. The molecular formula is C14H20BrN3. The molecule has 3 rings (SSSR count). The fraction of sp³-hybridized carbons (Fsp3) is 0.643. The molecular weight excluding hydrogens is 290 g/mol. The summed E-state index contributed by atoms with van der Waals surface area (Å²) in [4.78, 5) is 7.02. The highest BCUT2D eigenvalue weighted by Crippen LogP contribution is 2.40. The fourth-order valence-corrected chi connectivity index (χ4v) is 2.98. The van der Waals surface area contributed by atoms with E-state index in [1.807, 2.05) is 6.20 Å². The van der Waals surface area contributed by atoms with Crippen molar-refractivity contribution in [1.82, 2.24) is 15.2 Å². The first-order valence-corrected chi connectivity index (χ1v) is 7.68. The number of rotatable bonds is 4. The van der Waals surface area contributed by atoms with E-state index in [4.69, 9.17) is 0 Å². The van der Waals surface area contributed by atoms with E-state index in [0.717, 1.165) is 36.7 Å². The second-order valence-corrected chi connectivity index (χ2v) is 6.21. The molecule has 1 atom stereocenters. The lowest BCUT2D eigenvalue weighted by molar-refractivity contribution is 0.160. The van der Waals surface area contributed by atoms with Crippen LogP contribution in [0.4, 0.5) is 0 Å². The molecule has 0 unspecified atom stereocenters. The zero-order chi connectivity index (χ0) is 12.4. The third kappa shape index (κ3) is 3.11. The molecule has 1 aromatic heterocycles. The molecule has 2 heterocycles. The number of aromatic nitrogens is 1. The van der Waals surface area contributed by atoms with Crippen molar-refractivity contribution >= 4 is 15.9 Å². The molecule has 0 radical (unpaired) electrons. The minimum absolute atomic E-state index is 0.570. The molecule has 0 spiro atoms. The zero-order valence-corrected chi connectivity index (χ0v) is 12.2. The molecule has 4 heteroatoms. The summed E-state index contributed by atoms with van der Waals surface area (Å²) in [5.41, 5.74) is 1.38. The van der Waals surface area contributed by atoms with Gasteiger partial charge in [0, 0.05) is 38.4 Å². The SMILES string of the molecule is Brc1ccc([C@H](CC2CC2)N2CCNCC2)cn1. The van der Waals surface area contributed by atoms with E-state index in [-0.39, 0.29) is 0 Å². The first-order chi connectivity index (χ1) is 8.83. The molecule has 1 aliphatic heterocycles. The number of nitrogens with one attached hydrogen (secondary N) is 1. The van der Waals surface area contributed by atoms with E-state index < -0.39 is 0 Å². The van der Waals surface area contributed by atoms with Crippen LogP contribution >= 0.6 is 15.9 Å². The monoisotopic (exact) mass is 309 g/mol. The van der Waals surface area contributed by atoms with Crippen molar-refractivity contribution < 1.29 is 0 Å². The van der Waals surface area contributed by atoms with Gasteiger partial charge >= 0.3 is 0 Å². The highest BCUT2D eigenvalue weighted by atomic mass is 79.9. The van der Waals surface area contributed by atoms with Crippen molar-refractivity contribution in [1.29, 1.82) is 0 Å². The van der Waals surface area contributed by atoms with Crippen LogP contribution in [0.3, 0.4) is 0 Å². The first-order valence-electron chi connectivity index (χ1n) is 6.89. The van der Waals surface area contributed by atoms with Gasteiger partial charge in [-0.05, 0) is 39.9 Å². The summed E-state index contributed by atoms with van der Waals surface area (Å²) in [6, 6.07) is 4.86. The Morgan fingerprint density at radius 1 is 1.33 bits per heavy atom. The number of hydrogen-bond donors (Lipinski definition) is 1. The molecule has 1 saturated heterocycles. The van der Waals surface area contributed by atoms with Gasteiger partial charge in [-0.3, -0.25) is 4.90 Å². The summed E-state index contributed by atoms with van der Waals surface area (Å²) in [6.45, 7) is 4.55. The summed E-state index contributed by atoms with van der Waals surface area (Å²) in [6.07, 6.45) is 6.20. The van der Waals surface area contributed by atoms with Crippen molar-refractivity contribution in [3.05, 3.63) is 28.5 Å². The summed E-state index contributed by atoms with van der Waals surface area (Å²) < 4.78 is 0.928. The van der Waals surface area contributed by atoms with Gasteiger partial charge in [-0.15, -0.1) is 0 Å². The maximum absolute atomic E-state index is 4.40. The van der Waals surface area contributed by atoms with Gasteiger partial charge in [0.25, 0.3) is 0 Å². The highest BCUT2D eigenvalue weighted by molar-refractivity contribution is 9.10. The number of nitrogens with zero attached hydrogens (tertiary/aromatic N) is 2. The molecule has 3 nitrogen and oxygen atoms in total. The molecule has 0 bridgehead atoms. The Labute approximate surface area is 117 Å².